The second-order valence-electron chi connectivity index (χ2n) is 8.77. The van der Waals surface area contributed by atoms with Gasteiger partial charge in [-0.05, 0) is 49.2 Å². The van der Waals surface area contributed by atoms with E-state index in [1.54, 1.807) is 0 Å². The fourth-order valence-electron chi connectivity index (χ4n) is 4.40. The lowest BCUT2D eigenvalue weighted by Gasteiger charge is -2.35. The third-order valence-electron chi connectivity index (χ3n) is 5.91. The van der Waals surface area contributed by atoms with Crippen LogP contribution in [-0.2, 0) is 22.6 Å². The molecule has 32 heavy (non-hydrogen) atoms. The minimum absolute atomic E-state index is 0.0488. The van der Waals surface area contributed by atoms with E-state index in [0.717, 1.165) is 37.4 Å². The smallest absolute Gasteiger partial charge is 0.251 e. The van der Waals surface area contributed by atoms with Crippen molar-refractivity contribution in [2.75, 3.05) is 37.6 Å². The third-order valence-corrected chi connectivity index (χ3v) is 5.91. The summed E-state index contributed by atoms with van der Waals surface area (Å²) >= 11 is 0. The van der Waals surface area contributed by atoms with Crippen molar-refractivity contribution in [3.05, 3.63) is 65.2 Å². The molecule has 2 saturated heterocycles. The first-order valence-electron chi connectivity index (χ1n) is 11.3. The Labute approximate surface area is 189 Å². The molecule has 2 amide bonds. The maximum absolute atomic E-state index is 12.6. The number of anilines is 1. The van der Waals surface area contributed by atoms with Crippen LogP contribution in [0.5, 0.6) is 0 Å². The zero-order valence-corrected chi connectivity index (χ0v) is 18.8. The summed E-state index contributed by atoms with van der Waals surface area (Å²) in [5.41, 5.74) is 3.91. The summed E-state index contributed by atoms with van der Waals surface area (Å²) in [6.07, 6.45) is 0.495. The van der Waals surface area contributed by atoms with Gasteiger partial charge in [-0.2, -0.15) is 0 Å². The van der Waals surface area contributed by atoms with E-state index in [-0.39, 0.29) is 24.0 Å². The Hall–Kier alpha value is -2.90. The lowest BCUT2D eigenvalue weighted by Crippen LogP contribution is -2.47. The molecule has 2 aromatic rings. The molecule has 2 fully saturated rings. The van der Waals surface area contributed by atoms with Crippen LogP contribution in [-0.4, -0.2) is 61.6 Å². The van der Waals surface area contributed by atoms with Gasteiger partial charge in [0.15, 0.2) is 0 Å². The van der Waals surface area contributed by atoms with Crippen LogP contribution in [0.25, 0.3) is 0 Å². The number of hydrogen-bond donors (Lipinski definition) is 2. The number of morpholine rings is 1. The number of rotatable bonds is 6. The maximum Gasteiger partial charge on any atom is 0.251 e. The van der Waals surface area contributed by atoms with Crippen molar-refractivity contribution in [2.24, 2.45) is 0 Å². The van der Waals surface area contributed by atoms with E-state index >= 15 is 0 Å². The average molecular weight is 437 g/mol. The highest BCUT2D eigenvalue weighted by Gasteiger charge is 2.22. The Bertz CT molecular complexity index is 919. The first kappa shape index (κ1) is 22.3. The highest BCUT2D eigenvalue weighted by atomic mass is 16.5. The molecule has 4 rings (SSSR count). The van der Waals surface area contributed by atoms with Crippen molar-refractivity contribution in [1.29, 1.82) is 0 Å². The van der Waals surface area contributed by atoms with E-state index < -0.39 is 0 Å². The van der Waals surface area contributed by atoms with Gasteiger partial charge in [0, 0.05) is 50.5 Å². The van der Waals surface area contributed by atoms with Gasteiger partial charge in [0.25, 0.3) is 5.91 Å². The molecule has 0 aliphatic carbocycles. The largest absolute Gasteiger partial charge is 0.373 e. The van der Waals surface area contributed by atoms with E-state index in [1.165, 1.54) is 5.56 Å². The van der Waals surface area contributed by atoms with Gasteiger partial charge in [0.1, 0.15) is 0 Å². The van der Waals surface area contributed by atoms with E-state index in [0.29, 0.717) is 25.2 Å². The molecule has 2 aromatic carbocycles. The van der Waals surface area contributed by atoms with Crippen LogP contribution in [0.15, 0.2) is 48.5 Å². The molecule has 0 aromatic heterocycles. The van der Waals surface area contributed by atoms with E-state index in [9.17, 15) is 9.59 Å². The number of benzene rings is 2. The number of nitrogens with one attached hydrogen (secondary N) is 2. The molecule has 2 aliphatic rings. The molecule has 170 valence electrons. The molecular weight excluding hydrogens is 404 g/mol. The van der Waals surface area contributed by atoms with Gasteiger partial charge in [-0.1, -0.05) is 24.3 Å². The Balaban J connectivity index is 1.27. The van der Waals surface area contributed by atoms with Crippen molar-refractivity contribution in [3.63, 3.8) is 0 Å². The second-order valence-corrected chi connectivity index (χ2v) is 8.77. The van der Waals surface area contributed by atoms with Gasteiger partial charge < -0.3 is 20.3 Å². The van der Waals surface area contributed by atoms with Crippen molar-refractivity contribution in [1.82, 2.24) is 15.5 Å². The highest BCUT2D eigenvalue weighted by Crippen LogP contribution is 2.17. The molecule has 0 radical (unpaired) electrons. The second kappa shape index (κ2) is 10.1. The van der Waals surface area contributed by atoms with Gasteiger partial charge in [-0.15, -0.1) is 0 Å². The van der Waals surface area contributed by atoms with Gasteiger partial charge in [-0.3, -0.25) is 14.5 Å². The zero-order valence-electron chi connectivity index (χ0n) is 18.8. The summed E-state index contributed by atoms with van der Waals surface area (Å²) in [5, 5.41) is 5.82. The Kier molecular flexibility index (Phi) is 7.07. The topological polar surface area (TPSA) is 73.9 Å². The van der Waals surface area contributed by atoms with Crippen LogP contribution >= 0.6 is 0 Å². The normalized spacial score (nSPS) is 21.8. The summed E-state index contributed by atoms with van der Waals surface area (Å²) in [5.74, 6) is -0.0328. The maximum atomic E-state index is 12.6. The number of hydrogen-bond acceptors (Lipinski definition) is 5. The Morgan fingerprint density at radius 2 is 1.69 bits per heavy atom. The summed E-state index contributed by atoms with van der Waals surface area (Å²) in [4.78, 5) is 28.6. The molecule has 2 atom stereocenters. The van der Waals surface area contributed by atoms with Crippen LogP contribution in [0.1, 0.15) is 35.3 Å². The molecule has 2 unspecified atom stereocenters. The van der Waals surface area contributed by atoms with Crippen molar-refractivity contribution in [2.45, 2.75) is 39.1 Å². The van der Waals surface area contributed by atoms with Gasteiger partial charge in [0.05, 0.1) is 18.8 Å². The van der Waals surface area contributed by atoms with Crippen LogP contribution in [0.2, 0.25) is 0 Å². The lowest BCUT2D eigenvalue weighted by molar-refractivity contribution is -0.120. The predicted molar refractivity (Wildman–Crippen MR) is 125 cm³/mol. The molecule has 0 saturated carbocycles. The number of piperazine rings is 1. The summed E-state index contributed by atoms with van der Waals surface area (Å²) in [7, 11) is 0. The molecule has 7 nitrogen and oxygen atoms in total. The molecular formula is C25H32N4O3. The molecule has 0 spiro atoms. The lowest BCUT2D eigenvalue weighted by atomic mass is 10.1. The third kappa shape index (κ3) is 5.87. The number of amides is 2. The first-order chi connectivity index (χ1) is 15.5. The van der Waals surface area contributed by atoms with Gasteiger partial charge in [0.2, 0.25) is 5.91 Å². The number of nitrogens with zero attached hydrogens (tertiary/aromatic N) is 2. The Morgan fingerprint density at radius 3 is 2.34 bits per heavy atom. The van der Waals surface area contributed by atoms with Crippen LogP contribution in [0.3, 0.4) is 0 Å². The fraction of sp³-hybridized carbons (Fsp3) is 0.440. The molecule has 2 heterocycles. The zero-order chi connectivity index (χ0) is 22.5. The fourth-order valence-corrected chi connectivity index (χ4v) is 4.40. The number of ether oxygens (including phenoxy) is 1. The minimum Gasteiger partial charge on any atom is -0.373 e. The molecule has 0 bridgehead atoms. The molecule has 2 N–H and O–H groups in total. The summed E-state index contributed by atoms with van der Waals surface area (Å²) in [6, 6.07) is 15.8. The average Bonchev–Trinajstić information content (AvgIpc) is 2.78. The van der Waals surface area contributed by atoms with Crippen molar-refractivity contribution in [3.8, 4) is 0 Å². The van der Waals surface area contributed by atoms with E-state index in [4.69, 9.17) is 4.74 Å². The molecule has 7 heteroatoms. The van der Waals surface area contributed by atoms with Gasteiger partial charge in [-0.25, -0.2) is 0 Å². The number of carbonyl (C=O) groups excluding carboxylic acids is 2. The van der Waals surface area contributed by atoms with Crippen LogP contribution in [0, 0.1) is 0 Å². The highest BCUT2D eigenvalue weighted by molar-refractivity contribution is 5.94. The van der Waals surface area contributed by atoms with E-state index in [2.05, 4.69) is 34.3 Å². The predicted octanol–water partition coefficient (Wildman–Crippen LogP) is 2.16. The standard InChI is InChI=1S/C25H32N4O3/c1-18-14-28(15-19(2)32-18)16-21-3-7-22(8-4-21)25(31)27-13-20-5-9-23(10-6-20)29-12-11-26-24(30)17-29/h3-10,18-19H,11-17H2,1-2H3,(H,26,30)(H,27,31). The van der Waals surface area contributed by atoms with Crippen LogP contribution < -0.4 is 15.5 Å². The van der Waals surface area contributed by atoms with Crippen molar-refractivity contribution >= 4 is 17.5 Å². The van der Waals surface area contributed by atoms with Crippen molar-refractivity contribution < 1.29 is 14.3 Å². The monoisotopic (exact) mass is 436 g/mol. The quantitative estimate of drug-likeness (QED) is 0.726. The number of carbonyl (C=O) groups is 2. The SMILES string of the molecule is CC1CN(Cc2ccc(C(=O)NCc3ccc(N4CCNC(=O)C4)cc3)cc2)CC(C)O1. The van der Waals surface area contributed by atoms with E-state index in [1.807, 2.05) is 48.5 Å². The molecule has 2 aliphatic heterocycles. The van der Waals surface area contributed by atoms with Crippen LogP contribution in [0.4, 0.5) is 5.69 Å². The minimum atomic E-state index is -0.0815. The van der Waals surface area contributed by atoms with Gasteiger partial charge >= 0.3 is 0 Å². The summed E-state index contributed by atoms with van der Waals surface area (Å²) < 4.78 is 5.80. The summed E-state index contributed by atoms with van der Waals surface area (Å²) in [6.45, 7) is 9.26. The Morgan fingerprint density at radius 1 is 1.03 bits per heavy atom. The first-order valence-corrected chi connectivity index (χ1v) is 11.3.